The van der Waals surface area contributed by atoms with Crippen molar-refractivity contribution in [3.63, 3.8) is 0 Å². The maximum absolute atomic E-state index is 10.5. The minimum absolute atomic E-state index is 0.00939. The number of halogens is 1. The second-order valence-electron chi connectivity index (χ2n) is 7.70. The van der Waals surface area contributed by atoms with E-state index in [1.54, 1.807) is 13.0 Å². The third-order valence-corrected chi connectivity index (χ3v) is 5.61. The Kier molecular flexibility index (Phi) is 7.38. The Morgan fingerprint density at radius 2 is 2.12 bits per heavy atom. The first-order valence-corrected chi connectivity index (χ1v) is 10.4. The number of rotatable bonds is 8. The van der Waals surface area contributed by atoms with Gasteiger partial charge < -0.3 is 14.9 Å². The van der Waals surface area contributed by atoms with Crippen LogP contribution >= 0.6 is 15.9 Å². The summed E-state index contributed by atoms with van der Waals surface area (Å²) < 4.78 is 6.17. The molecule has 0 saturated heterocycles. The molecule has 2 unspecified atom stereocenters. The molecule has 0 aliphatic carbocycles. The summed E-state index contributed by atoms with van der Waals surface area (Å²) in [4.78, 5) is 0. The molecule has 0 saturated carbocycles. The van der Waals surface area contributed by atoms with Gasteiger partial charge in [0.25, 0.3) is 0 Å². The van der Waals surface area contributed by atoms with Gasteiger partial charge in [0.2, 0.25) is 0 Å². The van der Waals surface area contributed by atoms with Crippen LogP contribution in [-0.4, -0.2) is 21.6 Å². The van der Waals surface area contributed by atoms with Gasteiger partial charge in [-0.05, 0) is 55.7 Å². The molecule has 1 aliphatic rings. The Hall–Kier alpha value is -1.00. The maximum Gasteiger partial charge on any atom is 0.125 e. The van der Waals surface area contributed by atoms with E-state index in [0.717, 1.165) is 35.9 Å². The van der Waals surface area contributed by atoms with Gasteiger partial charge in [-0.15, -0.1) is 0 Å². The summed E-state index contributed by atoms with van der Waals surface area (Å²) in [6, 6.07) is 6.28. The van der Waals surface area contributed by atoms with Gasteiger partial charge >= 0.3 is 0 Å². The summed E-state index contributed by atoms with van der Waals surface area (Å²) in [6.45, 7) is 6.22. The number of aliphatic hydroxyl groups excluding tert-OH is 2. The lowest BCUT2D eigenvalue weighted by molar-refractivity contribution is 0.0620. The molecule has 2 N–H and O–H groups in total. The zero-order chi connectivity index (χ0) is 18.4. The monoisotopic (exact) mass is 410 g/mol. The van der Waals surface area contributed by atoms with Crippen LogP contribution < -0.4 is 4.74 Å². The van der Waals surface area contributed by atoms with Crippen LogP contribution in [0.2, 0.25) is 0 Å². The Balaban J connectivity index is 2.11. The fourth-order valence-electron chi connectivity index (χ4n) is 3.40. The average molecular weight is 411 g/mol. The van der Waals surface area contributed by atoms with Gasteiger partial charge in [-0.2, -0.15) is 0 Å². The minimum Gasteiger partial charge on any atom is -0.513 e. The van der Waals surface area contributed by atoms with E-state index >= 15 is 0 Å². The van der Waals surface area contributed by atoms with Crippen LogP contribution in [0.1, 0.15) is 76.5 Å². The molecule has 0 fully saturated rings. The predicted molar refractivity (Wildman–Crippen MR) is 107 cm³/mol. The third kappa shape index (κ3) is 5.75. The van der Waals surface area contributed by atoms with Gasteiger partial charge in [0.1, 0.15) is 11.9 Å². The summed E-state index contributed by atoms with van der Waals surface area (Å²) in [5.74, 6) is 1.16. The average Bonchev–Trinajstić information content (AvgIpc) is 2.54. The molecule has 1 aromatic rings. The molecule has 0 radical (unpaired) electrons. The van der Waals surface area contributed by atoms with Crippen molar-refractivity contribution < 1.29 is 14.9 Å². The minimum atomic E-state index is -0.474. The molecule has 1 heterocycles. The molecule has 4 heteroatoms. The second kappa shape index (κ2) is 9.09. The van der Waals surface area contributed by atoms with Crippen molar-refractivity contribution in [1.29, 1.82) is 0 Å². The topological polar surface area (TPSA) is 49.7 Å². The number of unbranched alkanes of at least 4 members (excludes halogenated alkanes) is 1. The van der Waals surface area contributed by atoms with Gasteiger partial charge in [-0.25, -0.2) is 0 Å². The van der Waals surface area contributed by atoms with Crippen molar-refractivity contribution in [2.75, 3.05) is 5.33 Å². The number of ether oxygens (including phenoxy) is 1. The van der Waals surface area contributed by atoms with Crippen molar-refractivity contribution in [3.05, 3.63) is 41.2 Å². The highest BCUT2D eigenvalue weighted by molar-refractivity contribution is 9.09. The van der Waals surface area contributed by atoms with Crippen molar-refractivity contribution in [2.45, 2.75) is 76.9 Å². The fraction of sp³-hybridized carbons (Fsp3) is 0.619. The summed E-state index contributed by atoms with van der Waals surface area (Å²) in [5.41, 5.74) is 2.25. The van der Waals surface area contributed by atoms with Gasteiger partial charge in [-0.3, -0.25) is 0 Å². The van der Waals surface area contributed by atoms with Crippen molar-refractivity contribution in [3.8, 4) is 5.75 Å². The molecule has 140 valence electrons. The SMILES string of the molecule is C/C(O)=C\CCC1CC(O)c2ccc(C(C)(C)CCCCBr)cc2O1. The molecule has 0 amide bonds. The molecule has 25 heavy (non-hydrogen) atoms. The highest BCUT2D eigenvalue weighted by atomic mass is 79.9. The summed E-state index contributed by atoms with van der Waals surface area (Å²) in [7, 11) is 0. The number of aliphatic hydroxyl groups is 2. The lowest BCUT2D eigenvalue weighted by atomic mass is 9.79. The number of fused-ring (bicyclic) bond motifs is 1. The van der Waals surface area contributed by atoms with Crippen LogP contribution in [0.5, 0.6) is 5.75 Å². The summed E-state index contributed by atoms with van der Waals surface area (Å²) in [5, 5.41) is 20.8. The molecule has 3 nitrogen and oxygen atoms in total. The Bertz CT molecular complexity index is 591. The third-order valence-electron chi connectivity index (χ3n) is 5.05. The van der Waals surface area contributed by atoms with Crippen LogP contribution in [0.4, 0.5) is 0 Å². The van der Waals surface area contributed by atoms with Crippen LogP contribution in [0.25, 0.3) is 0 Å². The van der Waals surface area contributed by atoms with E-state index in [0.29, 0.717) is 12.2 Å². The molecule has 1 aromatic carbocycles. The lowest BCUT2D eigenvalue weighted by Crippen LogP contribution is -2.26. The van der Waals surface area contributed by atoms with Gasteiger partial charge in [0.15, 0.2) is 0 Å². The van der Waals surface area contributed by atoms with Gasteiger partial charge in [-0.1, -0.05) is 48.3 Å². The first-order valence-electron chi connectivity index (χ1n) is 9.24. The van der Waals surface area contributed by atoms with Gasteiger partial charge in [0.05, 0.1) is 11.9 Å². The van der Waals surface area contributed by atoms with E-state index in [1.807, 2.05) is 6.07 Å². The zero-order valence-corrected chi connectivity index (χ0v) is 17.2. The molecule has 0 aromatic heterocycles. The van der Waals surface area contributed by atoms with E-state index in [-0.39, 0.29) is 11.5 Å². The number of allylic oxidation sites excluding steroid dienone is 2. The molecule has 0 bridgehead atoms. The van der Waals surface area contributed by atoms with Crippen molar-refractivity contribution >= 4 is 15.9 Å². The van der Waals surface area contributed by atoms with E-state index < -0.39 is 6.10 Å². The van der Waals surface area contributed by atoms with E-state index in [2.05, 4.69) is 41.9 Å². The molecule has 1 aliphatic heterocycles. The standard InChI is InChI=1S/C21H31BrO3/c1-15(23)7-6-8-17-14-19(24)18-10-9-16(13-20(18)25-17)21(2,3)11-4-5-12-22/h7,9-10,13,17,19,23-24H,4-6,8,11-12,14H2,1-3H3/b15-7+. The Morgan fingerprint density at radius 1 is 1.36 bits per heavy atom. The number of hydrogen-bond acceptors (Lipinski definition) is 3. The first kappa shape index (κ1) is 20.3. The Labute approximate surface area is 160 Å². The second-order valence-corrected chi connectivity index (χ2v) is 8.49. The van der Waals surface area contributed by atoms with Crippen LogP contribution in [0.15, 0.2) is 30.0 Å². The van der Waals surface area contributed by atoms with E-state index in [1.165, 1.54) is 18.4 Å². The largest absolute Gasteiger partial charge is 0.513 e. The van der Waals surface area contributed by atoms with Crippen molar-refractivity contribution in [2.24, 2.45) is 0 Å². The molecule has 2 rings (SSSR count). The first-order chi connectivity index (χ1) is 11.8. The fourth-order valence-corrected chi connectivity index (χ4v) is 3.79. The predicted octanol–water partition coefficient (Wildman–Crippen LogP) is 5.96. The zero-order valence-electron chi connectivity index (χ0n) is 15.6. The number of benzene rings is 1. The lowest BCUT2D eigenvalue weighted by Gasteiger charge is -2.32. The smallest absolute Gasteiger partial charge is 0.125 e. The number of alkyl halides is 1. The van der Waals surface area contributed by atoms with Crippen LogP contribution in [0, 0.1) is 0 Å². The maximum atomic E-state index is 10.5. The molecular weight excluding hydrogens is 380 g/mol. The molecule has 2 atom stereocenters. The normalized spacial score (nSPS) is 20.9. The van der Waals surface area contributed by atoms with E-state index in [4.69, 9.17) is 4.74 Å². The van der Waals surface area contributed by atoms with Crippen LogP contribution in [0.3, 0.4) is 0 Å². The van der Waals surface area contributed by atoms with Crippen LogP contribution in [-0.2, 0) is 5.41 Å². The van der Waals surface area contributed by atoms with Gasteiger partial charge in [0, 0.05) is 17.3 Å². The Morgan fingerprint density at radius 3 is 2.80 bits per heavy atom. The summed E-state index contributed by atoms with van der Waals surface area (Å²) >= 11 is 3.50. The number of hydrogen-bond donors (Lipinski definition) is 2. The van der Waals surface area contributed by atoms with E-state index in [9.17, 15) is 10.2 Å². The highest BCUT2D eigenvalue weighted by Crippen LogP contribution is 2.40. The highest BCUT2D eigenvalue weighted by Gasteiger charge is 2.29. The molecule has 0 spiro atoms. The molecular formula is C21H31BrO3. The van der Waals surface area contributed by atoms with Crippen molar-refractivity contribution in [1.82, 2.24) is 0 Å². The quantitative estimate of drug-likeness (QED) is 0.315. The summed E-state index contributed by atoms with van der Waals surface area (Å²) in [6.07, 6.45) is 6.98.